The zero-order chi connectivity index (χ0) is 8.69. The van der Waals surface area contributed by atoms with E-state index >= 15 is 0 Å². The molecule has 0 aliphatic rings. The van der Waals surface area contributed by atoms with Crippen molar-refractivity contribution in [3.8, 4) is 0 Å². The Hall–Kier alpha value is -0.850. The molecule has 0 fully saturated rings. The van der Waals surface area contributed by atoms with Gasteiger partial charge in [0.1, 0.15) is 5.82 Å². The number of benzene rings is 1. The monoisotopic (exact) mass is 154 g/mol. The largest absolute Gasteiger partial charge is 0.207 e. The van der Waals surface area contributed by atoms with Crippen molar-refractivity contribution in [1.82, 2.24) is 0 Å². The predicted molar refractivity (Wildman–Crippen MR) is 47.1 cm³/mol. The summed E-state index contributed by atoms with van der Waals surface area (Å²) in [7, 11) is 0. The SMILES string of the molecule is CCC.Cc1cccc(F)c1. The summed E-state index contributed by atoms with van der Waals surface area (Å²) >= 11 is 0. The Morgan fingerprint density at radius 3 is 2.09 bits per heavy atom. The van der Waals surface area contributed by atoms with E-state index in [9.17, 15) is 4.39 Å². The minimum atomic E-state index is -0.162. The molecule has 0 unspecified atom stereocenters. The van der Waals surface area contributed by atoms with Crippen molar-refractivity contribution in [3.05, 3.63) is 35.6 Å². The molecule has 0 saturated carbocycles. The summed E-state index contributed by atoms with van der Waals surface area (Å²) in [5.41, 5.74) is 0.963. The summed E-state index contributed by atoms with van der Waals surface area (Å²) in [5.74, 6) is -0.162. The van der Waals surface area contributed by atoms with Gasteiger partial charge in [-0.3, -0.25) is 0 Å². The molecule has 1 rings (SSSR count). The Labute approximate surface area is 68.1 Å². The first-order chi connectivity index (χ1) is 5.20. The average Bonchev–Trinajstić information content (AvgIpc) is 1.88. The van der Waals surface area contributed by atoms with Crippen LogP contribution in [-0.4, -0.2) is 0 Å². The van der Waals surface area contributed by atoms with Gasteiger partial charge >= 0.3 is 0 Å². The van der Waals surface area contributed by atoms with Crippen LogP contribution in [0, 0.1) is 12.7 Å². The average molecular weight is 154 g/mol. The zero-order valence-electron chi connectivity index (χ0n) is 7.39. The molecule has 11 heavy (non-hydrogen) atoms. The molecule has 0 heterocycles. The molecule has 0 N–H and O–H groups in total. The van der Waals surface area contributed by atoms with Crippen LogP contribution in [0.1, 0.15) is 25.8 Å². The highest BCUT2D eigenvalue weighted by Crippen LogP contribution is 1.99. The standard InChI is InChI=1S/C7H7F.C3H8/c1-6-3-2-4-7(8)5-6;1-3-2/h2-5H,1H3;3H2,1-2H3. The van der Waals surface area contributed by atoms with Crippen LogP contribution in [0.5, 0.6) is 0 Å². The van der Waals surface area contributed by atoms with Crippen LogP contribution in [0.4, 0.5) is 4.39 Å². The molecule has 0 amide bonds. The molecule has 0 atom stereocenters. The quantitative estimate of drug-likeness (QED) is 0.536. The summed E-state index contributed by atoms with van der Waals surface area (Å²) in [6, 6.07) is 6.50. The summed E-state index contributed by atoms with van der Waals surface area (Å²) in [6.45, 7) is 6.11. The topological polar surface area (TPSA) is 0 Å². The van der Waals surface area contributed by atoms with Gasteiger partial charge in [0.25, 0.3) is 0 Å². The highest BCUT2D eigenvalue weighted by molar-refractivity contribution is 5.13. The molecule has 0 saturated heterocycles. The second kappa shape index (κ2) is 5.90. The van der Waals surface area contributed by atoms with E-state index in [1.807, 2.05) is 13.0 Å². The van der Waals surface area contributed by atoms with Crippen LogP contribution in [0.15, 0.2) is 24.3 Å². The molecule has 0 spiro atoms. The summed E-state index contributed by atoms with van der Waals surface area (Å²) in [5, 5.41) is 0. The zero-order valence-corrected chi connectivity index (χ0v) is 7.39. The normalized spacial score (nSPS) is 8.36. The Kier molecular flexibility index (Phi) is 5.44. The number of aryl methyl sites for hydroxylation is 1. The van der Waals surface area contributed by atoms with Crippen molar-refractivity contribution in [3.63, 3.8) is 0 Å². The second-order valence-corrected chi connectivity index (χ2v) is 2.51. The van der Waals surface area contributed by atoms with Gasteiger partial charge in [-0.15, -0.1) is 0 Å². The maximum absolute atomic E-state index is 12.2. The third-order valence-electron chi connectivity index (χ3n) is 0.980. The fourth-order valence-electron chi connectivity index (χ4n) is 0.606. The van der Waals surface area contributed by atoms with Gasteiger partial charge in [0.2, 0.25) is 0 Å². The van der Waals surface area contributed by atoms with Crippen molar-refractivity contribution < 1.29 is 4.39 Å². The Morgan fingerprint density at radius 1 is 1.27 bits per heavy atom. The van der Waals surface area contributed by atoms with Crippen LogP contribution in [0.2, 0.25) is 0 Å². The fourth-order valence-corrected chi connectivity index (χ4v) is 0.606. The molecule has 1 aromatic rings. The smallest absolute Gasteiger partial charge is 0.123 e. The number of rotatable bonds is 0. The third kappa shape index (κ3) is 5.59. The summed E-state index contributed by atoms with van der Waals surface area (Å²) in [6.07, 6.45) is 1.25. The highest BCUT2D eigenvalue weighted by Gasteiger charge is 1.84. The molecule has 0 aliphatic heterocycles. The summed E-state index contributed by atoms with van der Waals surface area (Å²) < 4.78 is 12.2. The second-order valence-electron chi connectivity index (χ2n) is 2.51. The van der Waals surface area contributed by atoms with E-state index in [0.29, 0.717) is 0 Å². The van der Waals surface area contributed by atoms with E-state index in [1.165, 1.54) is 18.6 Å². The highest BCUT2D eigenvalue weighted by atomic mass is 19.1. The van der Waals surface area contributed by atoms with Gasteiger partial charge in [0, 0.05) is 0 Å². The van der Waals surface area contributed by atoms with Gasteiger partial charge in [-0.05, 0) is 24.6 Å². The fraction of sp³-hybridized carbons (Fsp3) is 0.400. The van der Waals surface area contributed by atoms with E-state index in [2.05, 4.69) is 13.8 Å². The van der Waals surface area contributed by atoms with E-state index in [-0.39, 0.29) is 5.82 Å². The maximum atomic E-state index is 12.2. The van der Waals surface area contributed by atoms with Crippen molar-refractivity contribution in [1.29, 1.82) is 0 Å². The first-order valence-corrected chi connectivity index (χ1v) is 3.92. The van der Waals surface area contributed by atoms with Gasteiger partial charge in [-0.25, -0.2) is 4.39 Å². The van der Waals surface area contributed by atoms with Gasteiger partial charge in [-0.2, -0.15) is 0 Å². The molecule has 0 aliphatic carbocycles. The molecular formula is C10H15F. The molecule has 1 aromatic carbocycles. The molecule has 1 heteroatoms. The van der Waals surface area contributed by atoms with Gasteiger partial charge in [0.15, 0.2) is 0 Å². The minimum Gasteiger partial charge on any atom is -0.207 e. The lowest BCUT2D eigenvalue weighted by atomic mass is 10.2. The Balaban J connectivity index is 0.000000292. The number of hydrogen-bond acceptors (Lipinski definition) is 0. The van der Waals surface area contributed by atoms with Gasteiger partial charge in [0.05, 0.1) is 0 Å². The third-order valence-corrected chi connectivity index (χ3v) is 0.980. The van der Waals surface area contributed by atoms with Crippen LogP contribution in [-0.2, 0) is 0 Å². The number of halogens is 1. The maximum Gasteiger partial charge on any atom is 0.123 e. The molecule has 62 valence electrons. The Morgan fingerprint density at radius 2 is 1.82 bits per heavy atom. The van der Waals surface area contributed by atoms with Gasteiger partial charge < -0.3 is 0 Å². The van der Waals surface area contributed by atoms with Crippen molar-refractivity contribution in [2.45, 2.75) is 27.2 Å². The number of hydrogen-bond donors (Lipinski definition) is 0. The minimum absolute atomic E-state index is 0.162. The lowest BCUT2D eigenvalue weighted by Crippen LogP contribution is -1.72. The van der Waals surface area contributed by atoms with Gasteiger partial charge in [-0.1, -0.05) is 32.4 Å². The predicted octanol–water partition coefficient (Wildman–Crippen LogP) is 3.55. The molecule has 0 nitrogen and oxygen atoms in total. The van der Waals surface area contributed by atoms with Crippen LogP contribution < -0.4 is 0 Å². The van der Waals surface area contributed by atoms with Crippen molar-refractivity contribution in [2.24, 2.45) is 0 Å². The lowest BCUT2D eigenvalue weighted by Gasteiger charge is -1.87. The van der Waals surface area contributed by atoms with Crippen molar-refractivity contribution in [2.75, 3.05) is 0 Å². The molecule has 0 bridgehead atoms. The Bertz CT molecular complexity index is 177. The first kappa shape index (κ1) is 10.2. The van der Waals surface area contributed by atoms with E-state index in [1.54, 1.807) is 6.07 Å². The van der Waals surface area contributed by atoms with Crippen LogP contribution >= 0.6 is 0 Å². The first-order valence-electron chi connectivity index (χ1n) is 3.92. The van der Waals surface area contributed by atoms with Crippen LogP contribution in [0.25, 0.3) is 0 Å². The van der Waals surface area contributed by atoms with E-state index < -0.39 is 0 Å². The van der Waals surface area contributed by atoms with Crippen LogP contribution in [0.3, 0.4) is 0 Å². The summed E-state index contributed by atoms with van der Waals surface area (Å²) in [4.78, 5) is 0. The molecule has 0 radical (unpaired) electrons. The molecule has 0 aromatic heterocycles. The van der Waals surface area contributed by atoms with Crippen molar-refractivity contribution >= 4 is 0 Å². The lowest BCUT2D eigenvalue weighted by molar-refractivity contribution is 0.626. The molecular weight excluding hydrogens is 139 g/mol. The van der Waals surface area contributed by atoms with E-state index in [0.717, 1.165) is 5.56 Å². The van der Waals surface area contributed by atoms with E-state index in [4.69, 9.17) is 0 Å².